The van der Waals surface area contributed by atoms with Gasteiger partial charge in [0.15, 0.2) is 0 Å². The average Bonchev–Trinajstić information content (AvgIpc) is 2.46. The first kappa shape index (κ1) is 13.6. The molecule has 1 aromatic rings. The lowest BCUT2D eigenvalue weighted by atomic mass is 9.79. The van der Waals surface area contributed by atoms with Gasteiger partial charge in [-0.2, -0.15) is 0 Å². The first-order valence-corrected chi connectivity index (χ1v) is 7.20. The zero-order valence-electron chi connectivity index (χ0n) is 11.3. The molecule has 2 heteroatoms. The largest absolute Gasteiger partial charge is 0.396 e. The molecule has 18 heavy (non-hydrogen) atoms. The average molecular weight is 247 g/mol. The molecule has 0 heterocycles. The number of hydrogen-bond acceptors (Lipinski definition) is 2. The number of hydrogen-bond donors (Lipinski definition) is 2. The zero-order valence-corrected chi connectivity index (χ0v) is 11.3. The summed E-state index contributed by atoms with van der Waals surface area (Å²) >= 11 is 0. The van der Waals surface area contributed by atoms with E-state index >= 15 is 0 Å². The zero-order chi connectivity index (χ0) is 12.8. The van der Waals surface area contributed by atoms with Gasteiger partial charge in [0.05, 0.1) is 0 Å². The van der Waals surface area contributed by atoms with Crippen LogP contribution in [0.4, 0.5) is 0 Å². The monoisotopic (exact) mass is 247 g/mol. The lowest BCUT2D eigenvalue weighted by Gasteiger charge is -2.31. The van der Waals surface area contributed by atoms with Crippen molar-refractivity contribution in [3.63, 3.8) is 0 Å². The quantitative estimate of drug-likeness (QED) is 0.838. The molecule has 3 unspecified atom stereocenters. The molecule has 1 aliphatic rings. The Labute approximate surface area is 110 Å². The van der Waals surface area contributed by atoms with Crippen LogP contribution in [-0.4, -0.2) is 18.3 Å². The van der Waals surface area contributed by atoms with Crippen LogP contribution in [0.3, 0.4) is 0 Å². The fourth-order valence-electron chi connectivity index (χ4n) is 2.98. The molecule has 3 atom stereocenters. The maximum absolute atomic E-state index is 9.42. The minimum Gasteiger partial charge on any atom is -0.396 e. The summed E-state index contributed by atoms with van der Waals surface area (Å²) in [7, 11) is 0. The van der Waals surface area contributed by atoms with E-state index in [9.17, 15) is 5.11 Å². The highest BCUT2D eigenvalue weighted by atomic mass is 16.3. The van der Waals surface area contributed by atoms with Gasteiger partial charge < -0.3 is 10.4 Å². The van der Waals surface area contributed by atoms with Gasteiger partial charge in [-0.1, -0.05) is 43.2 Å². The first-order valence-electron chi connectivity index (χ1n) is 7.20. The summed E-state index contributed by atoms with van der Waals surface area (Å²) in [6.07, 6.45) is 5.07. The highest BCUT2D eigenvalue weighted by Crippen LogP contribution is 2.29. The van der Waals surface area contributed by atoms with Crippen molar-refractivity contribution < 1.29 is 5.11 Å². The van der Waals surface area contributed by atoms with E-state index in [0.29, 0.717) is 24.5 Å². The Bertz CT molecular complexity index is 338. The van der Waals surface area contributed by atoms with Gasteiger partial charge in [-0.25, -0.2) is 0 Å². The van der Waals surface area contributed by atoms with Crippen molar-refractivity contribution in [2.45, 2.75) is 38.6 Å². The molecule has 2 rings (SSSR count). The molecular weight excluding hydrogens is 222 g/mol. The molecule has 1 aliphatic carbocycles. The molecule has 0 spiro atoms. The molecule has 0 bridgehead atoms. The van der Waals surface area contributed by atoms with Crippen molar-refractivity contribution in [3.05, 3.63) is 35.9 Å². The number of rotatable bonds is 5. The van der Waals surface area contributed by atoms with Crippen LogP contribution in [0.15, 0.2) is 30.3 Å². The van der Waals surface area contributed by atoms with Gasteiger partial charge in [0.2, 0.25) is 0 Å². The summed E-state index contributed by atoms with van der Waals surface area (Å²) in [5.74, 6) is 1.16. The maximum Gasteiger partial charge on any atom is 0.0462 e. The summed E-state index contributed by atoms with van der Waals surface area (Å²) in [4.78, 5) is 0. The van der Waals surface area contributed by atoms with Crippen LogP contribution in [0.1, 0.15) is 44.2 Å². The lowest BCUT2D eigenvalue weighted by Crippen LogP contribution is -2.33. The number of aliphatic hydroxyl groups is 1. The van der Waals surface area contributed by atoms with Crippen molar-refractivity contribution in [2.24, 2.45) is 11.8 Å². The Balaban J connectivity index is 1.83. The second kappa shape index (κ2) is 6.91. The number of aliphatic hydroxyl groups excluding tert-OH is 1. The predicted octanol–water partition coefficient (Wildman–Crippen LogP) is 3.14. The summed E-state index contributed by atoms with van der Waals surface area (Å²) < 4.78 is 0. The van der Waals surface area contributed by atoms with Crippen LogP contribution in [0.2, 0.25) is 0 Å². The van der Waals surface area contributed by atoms with Crippen LogP contribution in [0.25, 0.3) is 0 Å². The second-order valence-corrected chi connectivity index (χ2v) is 5.53. The van der Waals surface area contributed by atoms with Crippen molar-refractivity contribution in [3.8, 4) is 0 Å². The van der Waals surface area contributed by atoms with Crippen molar-refractivity contribution in [2.75, 3.05) is 13.2 Å². The minimum atomic E-state index is 0.353. The molecule has 2 N–H and O–H groups in total. The van der Waals surface area contributed by atoms with Gasteiger partial charge in [-0.15, -0.1) is 0 Å². The maximum atomic E-state index is 9.42. The van der Waals surface area contributed by atoms with Crippen LogP contribution in [0.5, 0.6) is 0 Å². The van der Waals surface area contributed by atoms with Gasteiger partial charge in [-0.05, 0) is 43.7 Å². The van der Waals surface area contributed by atoms with E-state index < -0.39 is 0 Å². The Morgan fingerprint density at radius 3 is 2.50 bits per heavy atom. The van der Waals surface area contributed by atoms with Gasteiger partial charge in [0.1, 0.15) is 0 Å². The van der Waals surface area contributed by atoms with Crippen molar-refractivity contribution in [1.82, 2.24) is 5.32 Å². The first-order chi connectivity index (χ1) is 8.81. The van der Waals surface area contributed by atoms with Crippen LogP contribution < -0.4 is 5.32 Å². The van der Waals surface area contributed by atoms with E-state index in [2.05, 4.69) is 42.6 Å². The molecule has 2 nitrogen and oxygen atoms in total. The second-order valence-electron chi connectivity index (χ2n) is 5.53. The molecule has 0 aromatic heterocycles. The Morgan fingerprint density at radius 2 is 1.83 bits per heavy atom. The predicted molar refractivity (Wildman–Crippen MR) is 75.4 cm³/mol. The van der Waals surface area contributed by atoms with E-state index in [1.54, 1.807) is 0 Å². The molecule has 0 amide bonds. The third-order valence-corrected chi connectivity index (χ3v) is 4.29. The molecule has 0 radical (unpaired) electrons. The van der Waals surface area contributed by atoms with E-state index in [-0.39, 0.29) is 0 Å². The Morgan fingerprint density at radius 1 is 1.17 bits per heavy atom. The summed E-state index contributed by atoms with van der Waals surface area (Å²) in [6.45, 7) is 3.60. The van der Waals surface area contributed by atoms with Crippen LogP contribution in [-0.2, 0) is 0 Å². The smallest absolute Gasteiger partial charge is 0.0462 e. The van der Waals surface area contributed by atoms with Gasteiger partial charge >= 0.3 is 0 Å². The number of nitrogens with one attached hydrogen (secondary N) is 1. The van der Waals surface area contributed by atoms with E-state index in [0.717, 1.165) is 6.54 Å². The molecule has 0 aliphatic heterocycles. The van der Waals surface area contributed by atoms with Crippen molar-refractivity contribution in [1.29, 1.82) is 0 Å². The summed E-state index contributed by atoms with van der Waals surface area (Å²) in [6, 6.07) is 11.0. The molecule has 0 saturated heterocycles. The van der Waals surface area contributed by atoms with E-state index in [4.69, 9.17) is 0 Å². The van der Waals surface area contributed by atoms with Crippen LogP contribution in [0, 0.1) is 11.8 Å². The third-order valence-electron chi connectivity index (χ3n) is 4.29. The molecular formula is C16H25NO. The van der Waals surface area contributed by atoms with E-state index in [1.807, 2.05) is 0 Å². The molecule has 1 aromatic carbocycles. The van der Waals surface area contributed by atoms with Gasteiger partial charge in [-0.3, -0.25) is 0 Å². The SMILES string of the molecule is CC(NCC1CCCCC1CO)c1ccccc1. The standard InChI is InChI=1S/C16H25NO/c1-13(14-7-3-2-4-8-14)17-11-15-9-5-6-10-16(15)12-18/h2-4,7-8,13,15-18H,5-6,9-12H2,1H3. The third kappa shape index (κ3) is 3.56. The summed E-state index contributed by atoms with van der Waals surface area (Å²) in [5, 5.41) is 13.0. The highest BCUT2D eigenvalue weighted by molar-refractivity contribution is 5.17. The van der Waals surface area contributed by atoms with Crippen LogP contribution >= 0.6 is 0 Å². The molecule has 100 valence electrons. The van der Waals surface area contributed by atoms with Gasteiger partial charge in [0.25, 0.3) is 0 Å². The lowest BCUT2D eigenvalue weighted by molar-refractivity contribution is 0.131. The van der Waals surface area contributed by atoms with Crippen molar-refractivity contribution >= 4 is 0 Å². The Hall–Kier alpha value is -0.860. The fourth-order valence-corrected chi connectivity index (χ4v) is 2.98. The normalized spacial score (nSPS) is 25.9. The number of benzene rings is 1. The minimum absolute atomic E-state index is 0.353. The van der Waals surface area contributed by atoms with Gasteiger partial charge in [0, 0.05) is 12.6 Å². The molecule has 1 saturated carbocycles. The highest BCUT2D eigenvalue weighted by Gasteiger charge is 2.24. The summed E-state index contributed by atoms with van der Waals surface area (Å²) in [5.41, 5.74) is 1.34. The van der Waals surface area contributed by atoms with E-state index in [1.165, 1.54) is 31.2 Å². The fraction of sp³-hybridized carbons (Fsp3) is 0.625. The topological polar surface area (TPSA) is 32.3 Å². The molecule has 1 fully saturated rings. The Kier molecular flexibility index (Phi) is 5.21.